The van der Waals surface area contributed by atoms with Crippen LogP contribution in [0, 0.1) is 20.8 Å². The summed E-state index contributed by atoms with van der Waals surface area (Å²) in [6.07, 6.45) is 7.59. The number of halogens is 1. The standard InChI is InChI=1S/C20H24N2.C19H22N2.C18H19ClN2/c1-5-15-10-8-12-17-18(13-21-19(15)17)20(22(3)4)16-11-7-6-9-14(16)2;1-14-9-5-6-10-15(14)19(20(2)3)17-13-21(4)18-12-8-7-11-16(17)18;1-12-6-4-5-7-14(12)18(21(2)3)16-11-20-17-9-8-13(19)10-15(16)17/h6-13,20-21H,5H2,1-4H3;5-13,19H,1-4H3;4-11,18,20H,1-3H3. The third-order valence-electron chi connectivity index (χ3n) is 12.7. The number of H-pyrrole nitrogens is 2. The molecule has 9 rings (SSSR count). The number of nitrogens with one attached hydrogen (secondary N) is 2. The molecule has 0 fully saturated rings. The van der Waals surface area contributed by atoms with E-state index in [2.05, 4.69) is 240 Å². The van der Waals surface area contributed by atoms with Gasteiger partial charge in [0.05, 0.1) is 18.1 Å². The minimum absolute atomic E-state index is 0.207. The number of hydrogen-bond acceptors (Lipinski definition) is 3. The van der Waals surface area contributed by atoms with Crippen LogP contribution in [-0.2, 0) is 13.5 Å². The Labute approximate surface area is 386 Å². The van der Waals surface area contributed by atoms with Gasteiger partial charge in [0.1, 0.15) is 0 Å². The van der Waals surface area contributed by atoms with Gasteiger partial charge in [-0.25, -0.2) is 0 Å². The molecule has 0 aliphatic rings. The predicted molar refractivity (Wildman–Crippen MR) is 274 cm³/mol. The molecule has 0 amide bonds. The first-order valence-corrected chi connectivity index (χ1v) is 22.7. The molecule has 3 aromatic heterocycles. The van der Waals surface area contributed by atoms with Crippen molar-refractivity contribution in [1.82, 2.24) is 29.2 Å². The molecule has 64 heavy (non-hydrogen) atoms. The van der Waals surface area contributed by atoms with Gasteiger partial charge in [0, 0.05) is 63.4 Å². The Morgan fingerprint density at radius 3 is 1.50 bits per heavy atom. The Morgan fingerprint density at radius 2 is 0.969 bits per heavy atom. The zero-order valence-electron chi connectivity index (χ0n) is 39.5. The van der Waals surface area contributed by atoms with Gasteiger partial charge in [0.25, 0.3) is 0 Å². The summed E-state index contributed by atoms with van der Waals surface area (Å²) in [5.41, 5.74) is 17.1. The minimum Gasteiger partial charge on any atom is -0.361 e. The van der Waals surface area contributed by atoms with Crippen LogP contribution in [0.2, 0.25) is 5.02 Å². The molecule has 0 aliphatic heterocycles. The number of hydrogen-bond donors (Lipinski definition) is 2. The van der Waals surface area contributed by atoms with Crippen molar-refractivity contribution < 1.29 is 0 Å². The van der Waals surface area contributed by atoms with E-state index in [1.54, 1.807) is 0 Å². The second-order valence-corrected chi connectivity index (χ2v) is 18.2. The summed E-state index contributed by atoms with van der Waals surface area (Å²) in [5.74, 6) is 0. The van der Waals surface area contributed by atoms with Crippen LogP contribution in [0.3, 0.4) is 0 Å². The highest BCUT2D eigenvalue weighted by molar-refractivity contribution is 6.31. The van der Waals surface area contributed by atoms with E-state index in [1.807, 2.05) is 18.2 Å². The van der Waals surface area contributed by atoms with Crippen molar-refractivity contribution in [2.75, 3.05) is 42.3 Å². The SMILES string of the molecule is CCc1cccc2c(C(c3ccccc3C)N(C)C)c[nH]c12.Cc1ccccc1C(c1c[nH]c2ccc(Cl)cc12)N(C)C.Cc1ccccc1C(c1cn(C)c2ccccc12)N(C)C. The number of aromatic amines is 2. The zero-order valence-corrected chi connectivity index (χ0v) is 40.3. The van der Waals surface area contributed by atoms with E-state index in [0.29, 0.717) is 0 Å². The second kappa shape index (κ2) is 20.3. The maximum atomic E-state index is 6.18. The number of para-hydroxylation sites is 2. The van der Waals surface area contributed by atoms with Crippen LogP contribution in [-0.4, -0.2) is 71.5 Å². The molecule has 3 heterocycles. The van der Waals surface area contributed by atoms with Crippen molar-refractivity contribution >= 4 is 44.3 Å². The van der Waals surface area contributed by atoms with Gasteiger partial charge in [-0.3, -0.25) is 14.7 Å². The molecule has 7 heteroatoms. The van der Waals surface area contributed by atoms with Gasteiger partial charge in [-0.2, -0.15) is 0 Å². The molecule has 9 aromatic rings. The molecule has 0 saturated heterocycles. The molecule has 0 saturated carbocycles. The zero-order chi connectivity index (χ0) is 45.7. The van der Waals surface area contributed by atoms with Gasteiger partial charge in [0.2, 0.25) is 0 Å². The van der Waals surface area contributed by atoms with Gasteiger partial charge in [-0.15, -0.1) is 0 Å². The number of rotatable bonds is 10. The molecule has 0 spiro atoms. The summed E-state index contributed by atoms with van der Waals surface area (Å²) < 4.78 is 2.22. The summed E-state index contributed by atoms with van der Waals surface area (Å²) >= 11 is 6.18. The third-order valence-corrected chi connectivity index (χ3v) is 12.9. The first kappa shape index (κ1) is 46.1. The topological polar surface area (TPSA) is 46.2 Å². The van der Waals surface area contributed by atoms with Crippen LogP contribution in [0.15, 0.2) is 152 Å². The highest BCUT2D eigenvalue weighted by Gasteiger charge is 2.24. The molecule has 330 valence electrons. The van der Waals surface area contributed by atoms with E-state index >= 15 is 0 Å². The molecule has 6 nitrogen and oxygen atoms in total. The highest BCUT2D eigenvalue weighted by atomic mass is 35.5. The van der Waals surface area contributed by atoms with Crippen molar-refractivity contribution in [2.45, 2.75) is 52.2 Å². The third kappa shape index (κ3) is 9.62. The first-order chi connectivity index (χ1) is 30.8. The summed E-state index contributed by atoms with van der Waals surface area (Å²) in [6.45, 7) is 8.75. The van der Waals surface area contributed by atoms with Gasteiger partial charge >= 0.3 is 0 Å². The van der Waals surface area contributed by atoms with Gasteiger partial charge < -0.3 is 14.5 Å². The Morgan fingerprint density at radius 1 is 0.500 bits per heavy atom. The quantitative estimate of drug-likeness (QED) is 0.144. The fourth-order valence-electron chi connectivity index (χ4n) is 9.54. The van der Waals surface area contributed by atoms with E-state index in [0.717, 1.165) is 17.0 Å². The molecule has 0 bridgehead atoms. The fraction of sp³-hybridized carbons (Fsp3) is 0.263. The van der Waals surface area contributed by atoms with E-state index in [4.69, 9.17) is 11.6 Å². The lowest BCUT2D eigenvalue weighted by Crippen LogP contribution is -2.21. The highest BCUT2D eigenvalue weighted by Crippen LogP contribution is 2.37. The Kier molecular flexibility index (Phi) is 14.6. The van der Waals surface area contributed by atoms with Crippen LogP contribution < -0.4 is 0 Å². The smallest absolute Gasteiger partial charge is 0.0620 e. The Bertz CT molecular complexity index is 2960. The molecule has 0 radical (unpaired) electrons. The van der Waals surface area contributed by atoms with Crippen LogP contribution in [0.1, 0.15) is 80.7 Å². The number of benzene rings is 6. The number of aryl methyl sites for hydroxylation is 5. The van der Waals surface area contributed by atoms with E-state index in [1.165, 1.54) is 82.8 Å². The number of fused-ring (bicyclic) bond motifs is 3. The van der Waals surface area contributed by atoms with Gasteiger partial charge in [-0.05, 0) is 149 Å². The second-order valence-electron chi connectivity index (χ2n) is 17.8. The van der Waals surface area contributed by atoms with Crippen molar-refractivity contribution in [3.63, 3.8) is 0 Å². The van der Waals surface area contributed by atoms with Crippen LogP contribution in [0.4, 0.5) is 0 Å². The molecular weight excluding hydrogens is 804 g/mol. The monoisotopic (exact) mass is 868 g/mol. The van der Waals surface area contributed by atoms with Crippen molar-refractivity contribution in [3.8, 4) is 0 Å². The normalized spacial score (nSPS) is 13.0. The lowest BCUT2D eigenvalue weighted by molar-refractivity contribution is 0.342. The fourth-order valence-corrected chi connectivity index (χ4v) is 9.72. The number of aromatic nitrogens is 3. The van der Waals surface area contributed by atoms with Crippen LogP contribution in [0.5, 0.6) is 0 Å². The minimum atomic E-state index is 0.207. The molecule has 3 atom stereocenters. The molecule has 0 aliphatic carbocycles. The van der Waals surface area contributed by atoms with Crippen molar-refractivity contribution in [1.29, 1.82) is 0 Å². The van der Waals surface area contributed by atoms with E-state index in [9.17, 15) is 0 Å². The summed E-state index contributed by atoms with van der Waals surface area (Å²) in [5, 5.41) is 4.62. The molecular formula is C57H65ClN6. The largest absolute Gasteiger partial charge is 0.361 e. The lowest BCUT2D eigenvalue weighted by atomic mass is 9.93. The summed E-state index contributed by atoms with van der Waals surface area (Å²) in [4.78, 5) is 13.7. The number of nitrogens with zero attached hydrogens (tertiary/aromatic N) is 4. The van der Waals surface area contributed by atoms with E-state index < -0.39 is 0 Å². The maximum absolute atomic E-state index is 6.18. The average molecular weight is 870 g/mol. The summed E-state index contributed by atoms with van der Waals surface area (Å²) in [7, 11) is 15.0. The first-order valence-electron chi connectivity index (χ1n) is 22.4. The van der Waals surface area contributed by atoms with Crippen molar-refractivity contribution in [2.24, 2.45) is 7.05 Å². The predicted octanol–water partition coefficient (Wildman–Crippen LogP) is 13.6. The van der Waals surface area contributed by atoms with Crippen LogP contribution in [0.25, 0.3) is 32.7 Å². The molecule has 2 N–H and O–H groups in total. The Balaban J connectivity index is 0.000000144. The molecule has 6 aromatic carbocycles. The summed E-state index contributed by atoms with van der Waals surface area (Å²) in [6, 6.07) is 47.8. The van der Waals surface area contributed by atoms with Gasteiger partial charge in [-0.1, -0.05) is 128 Å². The average Bonchev–Trinajstić information content (AvgIpc) is 3.99. The van der Waals surface area contributed by atoms with Crippen LogP contribution >= 0.6 is 11.6 Å². The van der Waals surface area contributed by atoms with E-state index in [-0.39, 0.29) is 18.1 Å². The maximum Gasteiger partial charge on any atom is 0.0620 e. The lowest BCUT2D eigenvalue weighted by Gasteiger charge is -2.26. The van der Waals surface area contributed by atoms with Crippen molar-refractivity contribution in [3.05, 3.63) is 213 Å². The molecule has 3 unspecified atom stereocenters. The van der Waals surface area contributed by atoms with Gasteiger partial charge in [0.15, 0.2) is 0 Å². The Hall–Kier alpha value is -5.89.